The van der Waals surface area contributed by atoms with E-state index >= 15 is 0 Å². The zero-order chi connectivity index (χ0) is 12.0. The molecule has 0 saturated heterocycles. The van der Waals surface area contributed by atoms with Crippen molar-refractivity contribution in [3.63, 3.8) is 0 Å². The van der Waals surface area contributed by atoms with Crippen molar-refractivity contribution in [3.8, 4) is 0 Å². The number of nitrogens with zero attached hydrogens (tertiary/aromatic N) is 2. The van der Waals surface area contributed by atoms with E-state index in [-0.39, 0.29) is 18.3 Å². The third-order valence-corrected chi connectivity index (χ3v) is 2.02. The summed E-state index contributed by atoms with van der Waals surface area (Å²) in [6.07, 6.45) is 0.625. The number of ether oxygens (including phenoxy) is 1. The highest BCUT2D eigenvalue weighted by molar-refractivity contribution is 5.86. The molecule has 0 radical (unpaired) electrons. The molecule has 16 heavy (non-hydrogen) atoms. The van der Waals surface area contributed by atoms with Crippen LogP contribution in [-0.2, 0) is 4.74 Å². The molecule has 1 aromatic heterocycles. The second kappa shape index (κ2) is 6.02. The molecule has 1 heterocycles. The zero-order valence-corrected chi connectivity index (χ0v) is 9.30. The topological polar surface area (TPSA) is 84.3 Å². The predicted molar refractivity (Wildman–Crippen MR) is 58.2 cm³/mol. The molecule has 0 aromatic carbocycles. The fraction of sp³-hybridized carbons (Fsp3) is 0.500. The van der Waals surface area contributed by atoms with Crippen LogP contribution >= 0.6 is 0 Å². The minimum absolute atomic E-state index is 0.100. The number of anilines is 1. The second-order valence-electron chi connectivity index (χ2n) is 3.35. The smallest absolute Gasteiger partial charge is 0.358 e. The van der Waals surface area contributed by atoms with Gasteiger partial charge in [-0.05, 0) is 25.5 Å². The van der Waals surface area contributed by atoms with Crippen molar-refractivity contribution in [2.24, 2.45) is 0 Å². The minimum atomic E-state index is -0.512. The highest BCUT2D eigenvalue weighted by Crippen LogP contribution is 2.06. The molecule has 88 valence electrons. The third-order valence-electron chi connectivity index (χ3n) is 2.02. The van der Waals surface area contributed by atoms with E-state index < -0.39 is 5.97 Å². The van der Waals surface area contributed by atoms with Gasteiger partial charge in [0.1, 0.15) is 5.82 Å². The van der Waals surface area contributed by atoms with E-state index in [9.17, 15) is 4.79 Å². The Morgan fingerprint density at radius 3 is 2.81 bits per heavy atom. The van der Waals surface area contributed by atoms with Crippen LogP contribution in [0.4, 0.5) is 5.82 Å². The number of nitrogens with one attached hydrogen (secondary N) is 1. The Morgan fingerprint density at radius 2 is 2.31 bits per heavy atom. The molecular weight excluding hydrogens is 210 g/mol. The fourth-order valence-corrected chi connectivity index (χ4v) is 1.14. The third kappa shape index (κ3) is 3.47. The first-order valence-corrected chi connectivity index (χ1v) is 4.96. The number of aliphatic hydroxyl groups is 1. The van der Waals surface area contributed by atoms with Crippen molar-refractivity contribution >= 4 is 11.8 Å². The van der Waals surface area contributed by atoms with Gasteiger partial charge in [0, 0.05) is 12.6 Å². The van der Waals surface area contributed by atoms with E-state index in [0.717, 1.165) is 0 Å². The van der Waals surface area contributed by atoms with Gasteiger partial charge in [0.2, 0.25) is 0 Å². The summed E-state index contributed by atoms with van der Waals surface area (Å²) in [5.74, 6) is 0.0519. The normalized spacial score (nSPS) is 11.9. The van der Waals surface area contributed by atoms with Crippen molar-refractivity contribution in [1.82, 2.24) is 10.2 Å². The number of carbonyl (C=O) groups is 1. The summed E-state index contributed by atoms with van der Waals surface area (Å²) in [4.78, 5) is 11.1. The molecule has 6 heteroatoms. The molecular formula is C10H15N3O3. The molecule has 0 aliphatic rings. The standard InChI is InChI=1S/C10H15N3O3/c1-7(5-6-14)11-9-4-3-8(12-13-9)10(15)16-2/h3-4,7,14H,5-6H2,1-2H3,(H,11,13). The summed E-state index contributed by atoms with van der Waals surface area (Å²) in [6.45, 7) is 2.04. The van der Waals surface area contributed by atoms with E-state index in [0.29, 0.717) is 12.2 Å². The van der Waals surface area contributed by atoms with Gasteiger partial charge in [0.25, 0.3) is 0 Å². The van der Waals surface area contributed by atoms with Crippen molar-refractivity contribution in [2.75, 3.05) is 19.0 Å². The van der Waals surface area contributed by atoms with Gasteiger partial charge in [-0.2, -0.15) is 0 Å². The van der Waals surface area contributed by atoms with Crippen LogP contribution in [0.2, 0.25) is 0 Å². The lowest BCUT2D eigenvalue weighted by atomic mass is 10.2. The van der Waals surface area contributed by atoms with Crippen LogP contribution in [0.1, 0.15) is 23.8 Å². The Kier molecular flexibility index (Phi) is 4.65. The van der Waals surface area contributed by atoms with Gasteiger partial charge in [-0.1, -0.05) is 0 Å². The van der Waals surface area contributed by atoms with Gasteiger partial charge >= 0.3 is 5.97 Å². The summed E-state index contributed by atoms with van der Waals surface area (Å²) in [7, 11) is 1.29. The lowest BCUT2D eigenvalue weighted by Crippen LogP contribution is -2.18. The van der Waals surface area contributed by atoms with Gasteiger partial charge in [-0.25, -0.2) is 4.79 Å². The first-order valence-electron chi connectivity index (χ1n) is 4.96. The van der Waals surface area contributed by atoms with E-state index in [2.05, 4.69) is 20.3 Å². The number of hydrogen-bond donors (Lipinski definition) is 2. The lowest BCUT2D eigenvalue weighted by Gasteiger charge is -2.12. The minimum Gasteiger partial charge on any atom is -0.464 e. The van der Waals surface area contributed by atoms with Crippen LogP contribution in [-0.4, -0.2) is 41.0 Å². The van der Waals surface area contributed by atoms with E-state index in [4.69, 9.17) is 5.11 Å². The van der Waals surface area contributed by atoms with Crippen LogP contribution < -0.4 is 5.32 Å². The van der Waals surface area contributed by atoms with Gasteiger partial charge in [0.05, 0.1) is 7.11 Å². The van der Waals surface area contributed by atoms with E-state index in [1.807, 2.05) is 6.92 Å². The van der Waals surface area contributed by atoms with E-state index in [1.165, 1.54) is 13.2 Å². The van der Waals surface area contributed by atoms with Gasteiger partial charge in [-0.3, -0.25) is 0 Å². The predicted octanol–water partition coefficient (Wildman–Crippen LogP) is 0.446. The van der Waals surface area contributed by atoms with Crippen molar-refractivity contribution in [2.45, 2.75) is 19.4 Å². The quantitative estimate of drug-likeness (QED) is 0.708. The molecule has 0 saturated carbocycles. The summed E-state index contributed by atoms with van der Waals surface area (Å²) in [6, 6.07) is 3.28. The molecule has 0 fully saturated rings. The molecule has 0 bridgehead atoms. The largest absolute Gasteiger partial charge is 0.464 e. The maximum atomic E-state index is 11.1. The number of hydrogen-bond acceptors (Lipinski definition) is 6. The van der Waals surface area contributed by atoms with Crippen LogP contribution in [0, 0.1) is 0 Å². The van der Waals surface area contributed by atoms with Gasteiger partial charge in [0.15, 0.2) is 5.69 Å². The molecule has 1 unspecified atom stereocenters. The average molecular weight is 225 g/mol. The average Bonchev–Trinajstić information content (AvgIpc) is 2.29. The molecule has 0 spiro atoms. The lowest BCUT2D eigenvalue weighted by molar-refractivity contribution is 0.0593. The number of aliphatic hydroxyl groups excluding tert-OH is 1. The Labute approximate surface area is 93.6 Å². The number of rotatable bonds is 5. The maximum Gasteiger partial charge on any atom is 0.358 e. The van der Waals surface area contributed by atoms with Crippen LogP contribution in [0.3, 0.4) is 0 Å². The molecule has 1 atom stereocenters. The van der Waals surface area contributed by atoms with Crippen molar-refractivity contribution in [1.29, 1.82) is 0 Å². The Hall–Kier alpha value is -1.69. The highest BCUT2D eigenvalue weighted by atomic mass is 16.5. The Bertz CT molecular complexity index is 340. The van der Waals surface area contributed by atoms with Crippen molar-refractivity contribution < 1.29 is 14.6 Å². The maximum absolute atomic E-state index is 11.1. The molecule has 0 aliphatic heterocycles. The number of methoxy groups -OCH3 is 1. The van der Waals surface area contributed by atoms with Gasteiger partial charge in [-0.15, -0.1) is 10.2 Å². The first-order chi connectivity index (χ1) is 7.67. The second-order valence-corrected chi connectivity index (χ2v) is 3.35. The molecule has 0 aliphatic carbocycles. The monoisotopic (exact) mass is 225 g/mol. The van der Waals surface area contributed by atoms with E-state index in [1.54, 1.807) is 6.07 Å². The van der Waals surface area contributed by atoms with Crippen LogP contribution in [0.5, 0.6) is 0 Å². The molecule has 0 amide bonds. The highest BCUT2D eigenvalue weighted by Gasteiger charge is 2.08. The van der Waals surface area contributed by atoms with Gasteiger partial charge < -0.3 is 15.2 Å². The summed E-state index contributed by atoms with van der Waals surface area (Å²) in [5, 5.41) is 19.3. The van der Waals surface area contributed by atoms with Crippen LogP contribution in [0.15, 0.2) is 12.1 Å². The summed E-state index contributed by atoms with van der Waals surface area (Å²) >= 11 is 0. The van der Waals surface area contributed by atoms with Crippen LogP contribution in [0.25, 0.3) is 0 Å². The molecule has 1 rings (SSSR count). The fourth-order valence-electron chi connectivity index (χ4n) is 1.14. The zero-order valence-electron chi connectivity index (χ0n) is 9.30. The molecule has 1 aromatic rings. The first kappa shape index (κ1) is 12.4. The van der Waals surface area contributed by atoms with Crippen molar-refractivity contribution in [3.05, 3.63) is 17.8 Å². The summed E-state index contributed by atoms with van der Waals surface area (Å²) in [5.41, 5.74) is 0.169. The number of carbonyl (C=O) groups excluding carboxylic acids is 1. The SMILES string of the molecule is COC(=O)c1ccc(NC(C)CCO)nn1. The number of esters is 1. The summed E-state index contributed by atoms with van der Waals surface area (Å²) < 4.78 is 4.50. The Balaban J connectivity index is 2.61. The molecule has 2 N–H and O–H groups in total. The Morgan fingerprint density at radius 1 is 1.56 bits per heavy atom. The number of aromatic nitrogens is 2. The molecule has 6 nitrogen and oxygen atoms in total.